The first-order valence-corrected chi connectivity index (χ1v) is 5.31. The first-order chi connectivity index (χ1) is 6.83. The third-order valence-electron chi connectivity index (χ3n) is 2.02. The number of nitrogens with one attached hydrogen (secondary N) is 1. The second-order valence-corrected chi connectivity index (χ2v) is 3.69. The van der Waals surface area contributed by atoms with Crippen molar-refractivity contribution in [3.63, 3.8) is 0 Å². The Hall–Kier alpha value is -0.960. The van der Waals surface area contributed by atoms with Crippen LogP contribution in [0.5, 0.6) is 0 Å². The maximum absolute atomic E-state index is 5.46. The van der Waals surface area contributed by atoms with Gasteiger partial charge < -0.3 is 0 Å². The molecular weight excluding hydrogens is 196 g/mol. The number of nitrogens with zero attached hydrogens (tertiary/aromatic N) is 2. The summed E-state index contributed by atoms with van der Waals surface area (Å²) in [5, 5.41) is 4.03. The standard InChI is InChI=1S/C9H14N4S/c1-3-5-6-8(11-10)9-7(4-2)12-13-14-9/h1,8,11H,4-6,10H2,2H3. The predicted octanol–water partition coefficient (Wildman–Crippen LogP) is 1.02. The van der Waals surface area contributed by atoms with E-state index in [0.29, 0.717) is 6.42 Å². The van der Waals surface area contributed by atoms with E-state index < -0.39 is 0 Å². The number of aryl methyl sites for hydroxylation is 1. The smallest absolute Gasteiger partial charge is 0.0801 e. The molecule has 3 N–H and O–H groups in total. The Labute approximate surface area is 88.0 Å². The van der Waals surface area contributed by atoms with E-state index in [-0.39, 0.29) is 6.04 Å². The van der Waals surface area contributed by atoms with E-state index >= 15 is 0 Å². The molecule has 0 bridgehead atoms. The molecule has 0 aliphatic rings. The Bertz CT molecular complexity index is 315. The zero-order chi connectivity index (χ0) is 10.4. The van der Waals surface area contributed by atoms with Crippen molar-refractivity contribution in [1.82, 2.24) is 15.0 Å². The van der Waals surface area contributed by atoms with Crippen LogP contribution in [0, 0.1) is 12.3 Å². The van der Waals surface area contributed by atoms with Crippen LogP contribution in [0.3, 0.4) is 0 Å². The number of hydrogen-bond donors (Lipinski definition) is 2. The second-order valence-electron chi connectivity index (χ2n) is 2.90. The number of aromatic nitrogens is 2. The van der Waals surface area contributed by atoms with E-state index in [1.165, 1.54) is 11.5 Å². The van der Waals surface area contributed by atoms with Gasteiger partial charge in [0.1, 0.15) is 0 Å². The highest BCUT2D eigenvalue weighted by Gasteiger charge is 2.16. The molecule has 1 unspecified atom stereocenters. The summed E-state index contributed by atoms with van der Waals surface area (Å²) >= 11 is 1.39. The largest absolute Gasteiger partial charge is 0.271 e. The van der Waals surface area contributed by atoms with Gasteiger partial charge in [0, 0.05) is 6.42 Å². The summed E-state index contributed by atoms with van der Waals surface area (Å²) in [6.07, 6.45) is 7.61. The van der Waals surface area contributed by atoms with Crippen LogP contribution >= 0.6 is 11.5 Å². The van der Waals surface area contributed by atoms with Gasteiger partial charge in [-0.2, -0.15) is 0 Å². The van der Waals surface area contributed by atoms with Crippen LogP contribution < -0.4 is 11.3 Å². The number of terminal acetylenes is 1. The molecule has 5 heteroatoms. The van der Waals surface area contributed by atoms with Crippen molar-refractivity contribution in [2.45, 2.75) is 32.2 Å². The van der Waals surface area contributed by atoms with Crippen LogP contribution in [0.1, 0.15) is 36.4 Å². The van der Waals surface area contributed by atoms with Gasteiger partial charge in [0.05, 0.1) is 16.6 Å². The van der Waals surface area contributed by atoms with Crippen LogP contribution in [-0.2, 0) is 6.42 Å². The molecule has 0 aliphatic carbocycles. The molecule has 1 aromatic heterocycles. The number of rotatable bonds is 5. The highest BCUT2D eigenvalue weighted by molar-refractivity contribution is 7.05. The van der Waals surface area contributed by atoms with E-state index in [9.17, 15) is 0 Å². The predicted molar refractivity (Wildman–Crippen MR) is 57.4 cm³/mol. The van der Waals surface area contributed by atoms with E-state index in [0.717, 1.165) is 23.4 Å². The van der Waals surface area contributed by atoms with Crippen molar-refractivity contribution in [3.8, 4) is 12.3 Å². The average Bonchev–Trinajstić information content (AvgIpc) is 2.67. The van der Waals surface area contributed by atoms with Gasteiger partial charge in [-0.3, -0.25) is 11.3 Å². The molecule has 0 radical (unpaired) electrons. The van der Waals surface area contributed by atoms with Crippen LogP contribution in [0.2, 0.25) is 0 Å². The van der Waals surface area contributed by atoms with Crippen LogP contribution in [0.25, 0.3) is 0 Å². The van der Waals surface area contributed by atoms with Gasteiger partial charge in [-0.1, -0.05) is 11.4 Å². The number of nitrogens with two attached hydrogens (primary N) is 1. The minimum Gasteiger partial charge on any atom is -0.271 e. The maximum atomic E-state index is 5.46. The molecule has 0 aliphatic heterocycles. The lowest BCUT2D eigenvalue weighted by atomic mass is 10.1. The third kappa shape index (κ3) is 2.51. The molecule has 4 nitrogen and oxygen atoms in total. The van der Waals surface area contributed by atoms with Crippen molar-refractivity contribution in [2.24, 2.45) is 5.84 Å². The highest BCUT2D eigenvalue weighted by Crippen LogP contribution is 2.23. The lowest BCUT2D eigenvalue weighted by Crippen LogP contribution is -2.28. The van der Waals surface area contributed by atoms with Crippen molar-refractivity contribution < 1.29 is 0 Å². The van der Waals surface area contributed by atoms with Gasteiger partial charge in [0.15, 0.2) is 0 Å². The molecule has 1 heterocycles. The quantitative estimate of drug-likeness (QED) is 0.432. The molecule has 14 heavy (non-hydrogen) atoms. The van der Waals surface area contributed by atoms with Gasteiger partial charge in [0.2, 0.25) is 0 Å². The molecule has 1 aromatic rings. The Morgan fingerprint density at radius 1 is 1.71 bits per heavy atom. The van der Waals surface area contributed by atoms with Gasteiger partial charge in [-0.05, 0) is 24.4 Å². The molecule has 0 amide bonds. The van der Waals surface area contributed by atoms with Crippen molar-refractivity contribution in [3.05, 3.63) is 10.6 Å². The summed E-state index contributed by atoms with van der Waals surface area (Å²) in [6.45, 7) is 2.05. The van der Waals surface area contributed by atoms with Crippen LogP contribution in [0.4, 0.5) is 0 Å². The summed E-state index contributed by atoms with van der Waals surface area (Å²) in [6, 6.07) is 0.0843. The first-order valence-electron chi connectivity index (χ1n) is 4.54. The fourth-order valence-electron chi connectivity index (χ4n) is 1.24. The Kier molecular flexibility index (Phi) is 4.53. The van der Waals surface area contributed by atoms with Gasteiger partial charge in [-0.15, -0.1) is 17.4 Å². The lowest BCUT2D eigenvalue weighted by molar-refractivity contribution is 0.527. The minimum atomic E-state index is 0.0843. The molecule has 1 atom stereocenters. The summed E-state index contributed by atoms with van der Waals surface area (Å²) < 4.78 is 3.91. The zero-order valence-corrected chi connectivity index (χ0v) is 8.97. The maximum Gasteiger partial charge on any atom is 0.0801 e. The SMILES string of the molecule is C#CCCC(NN)c1snnc1CC. The Balaban J connectivity index is 2.73. The Morgan fingerprint density at radius 2 is 2.50 bits per heavy atom. The summed E-state index contributed by atoms with van der Waals surface area (Å²) in [4.78, 5) is 1.10. The van der Waals surface area contributed by atoms with E-state index in [1.54, 1.807) is 0 Å². The van der Waals surface area contributed by atoms with E-state index in [4.69, 9.17) is 12.3 Å². The molecule has 0 aromatic carbocycles. The molecule has 0 saturated heterocycles. The number of hydrazine groups is 1. The van der Waals surface area contributed by atoms with Crippen LogP contribution in [-0.4, -0.2) is 9.59 Å². The molecular formula is C9H14N4S. The van der Waals surface area contributed by atoms with Gasteiger partial charge >= 0.3 is 0 Å². The third-order valence-corrected chi connectivity index (χ3v) is 2.90. The Morgan fingerprint density at radius 3 is 3.07 bits per heavy atom. The van der Waals surface area contributed by atoms with Gasteiger partial charge in [0.25, 0.3) is 0 Å². The summed E-state index contributed by atoms with van der Waals surface area (Å²) in [5.41, 5.74) is 3.76. The van der Waals surface area contributed by atoms with E-state index in [2.05, 4.69) is 27.9 Å². The second kappa shape index (κ2) is 5.70. The fraction of sp³-hybridized carbons (Fsp3) is 0.556. The topological polar surface area (TPSA) is 63.8 Å². The zero-order valence-electron chi connectivity index (χ0n) is 8.16. The molecule has 0 saturated carbocycles. The molecule has 1 rings (SSSR count). The summed E-state index contributed by atoms with van der Waals surface area (Å²) in [5.74, 6) is 8.06. The van der Waals surface area contributed by atoms with Crippen molar-refractivity contribution >= 4 is 11.5 Å². The lowest BCUT2D eigenvalue weighted by Gasteiger charge is -2.12. The molecule has 76 valence electrons. The van der Waals surface area contributed by atoms with E-state index in [1.807, 2.05) is 0 Å². The highest BCUT2D eigenvalue weighted by atomic mass is 32.1. The molecule has 0 fully saturated rings. The average molecular weight is 210 g/mol. The minimum absolute atomic E-state index is 0.0843. The van der Waals surface area contributed by atoms with Gasteiger partial charge in [-0.25, -0.2) is 0 Å². The molecule has 0 spiro atoms. The number of hydrogen-bond acceptors (Lipinski definition) is 5. The van der Waals surface area contributed by atoms with Crippen molar-refractivity contribution in [2.75, 3.05) is 0 Å². The fourth-order valence-corrected chi connectivity index (χ4v) is 2.07. The van der Waals surface area contributed by atoms with Crippen LogP contribution in [0.15, 0.2) is 0 Å². The first kappa shape index (κ1) is 11.1. The normalized spacial score (nSPS) is 12.4. The monoisotopic (exact) mass is 210 g/mol. The summed E-state index contributed by atoms with van der Waals surface area (Å²) in [7, 11) is 0. The van der Waals surface area contributed by atoms with Crippen molar-refractivity contribution in [1.29, 1.82) is 0 Å².